The van der Waals surface area contributed by atoms with Gasteiger partial charge in [0.2, 0.25) is 5.91 Å². The second kappa shape index (κ2) is 10.9. The minimum Gasteiger partial charge on any atom is -0.478 e. The Morgan fingerprint density at radius 1 is 0.957 bits per heavy atom. The number of carbonyl (C=O) groups is 2. The van der Waals surface area contributed by atoms with E-state index >= 15 is 0 Å². The molecular weight excluding hydrogens is 582 g/mol. The molecule has 2 N–H and O–H groups in total. The van der Waals surface area contributed by atoms with E-state index in [1.165, 1.54) is 36.8 Å². The first-order valence-corrected chi connectivity index (χ1v) is 18.1. The predicted molar refractivity (Wildman–Crippen MR) is 186 cm³/mol. The van der Waals surface area contributed by atoms with Crippen molar-refractivity contribution in [2.24, 2.45) is 51.2 Å². The van der Waals surface area contributed by atoms with Gasteiger partial charge in [-0.15, -0.1) is 0 Å². The lowest BCUT2D eigenvalue weighted by atomic mass is 9.33. The van der Waals surface area contributed by atoms with Gasteiger partial charge in [-0.25, -0.2) is 9.78 Å². The summed E-state index contributed by atoms with van der Waals surface area (Å²) in [5.41, 5.74) is 4.64. The van der Waals surface area contributed by atoms with Crippen LogP contribution in [0.5, 0.6) is 0 Å². The first-order valence-electron chi connectivity index (χ1n) is 18.1. The molecule has 1 heterocycles. The Bertz CT molecular complexity index is 1610. The van der Waals surface area contributed by atoms with E-state index in [0.29, 0.717) is 41.7 Å². The van der Waals surface area contributed by atoms with Crippen LogP contribution in [0, 0.1) is 51.2 Å². The van der Waals surface area contributed by atoms with Gasteiger partial charge < -0.3 is 15.0 Å². The molecule has 1 aromatic heterocycles. The van der Waals surface area contributed by atoms with Gasteiger partial charge in [0.05, 0.1) is 11.9 Å². The maximum Gasteiger partial charge on any atom is 0.335 e. The number of benzene rings is 1. The highest BCUT2D eigenvalue weighted by Gasteiger charge is 2.70. The summed E-state index contributed by atoms with van der Waals surface area (Å²) in [6, 6.07) is 7.54. The van der Waals surface area contributed by atoms with Gasteiger partial charge in [0.25, 0.3) is 0 Å². The summed E-state index contributed by atoms with van der Waals surface area (Å²) in [6.45, 7) is 19.9. The molecule has 0 aliphatic heterocycles. The quantitative estimate of drug-likeness (QED) is 0.310. The van der Waals surface area contributed by atoms with Crippen molar-refractivity contribution in [1.29, 1.82) is 0 Å². The Morgan fingerprint density at radius 2 is 1.70 bits per heavy atom. The van der Waals surface area contributed by atoms with Crippen molar-refractivity contribution in [2.75, 3.05) is 0 Å². The number of fused-ring (bicyclic) bond motifs is 7. The molecule has 7 rings (SSSR count). The third-order valence-corrected chi connectivity index (χ3v) is 15.4. The molecule has 5 aliphatic carbocycles. The Kier molecular flexibility index (Phi) is 7.54. The van der Waals surface area contributed by atoms with Crippen molar-refractivity contribution in [3.8, 4) is 0 Å². The number of allylic oxidation sites excluding steroid dienone is 3. The van der Waals surface area contributed by atoms with Gasteiger partial charge in [0.15, 0.2) is 0 Å². The molecule has 47 heavy (non-hydrogen) atoms. The Balaban J connectivity index is 1.20. The number of rotatable bonds is 6. The molecule has 4 fully saturated rings. The van der Waals surface area contributed by atoms with Gasteiger partial charge >= 0.3 is 5.97 Å². The van der Waals surface area contributed by atoms with Crippen LogP contribution < -0.4 is 5.32 Å². The topological polar surface area (TPSA) is 84.2 Å². The molecule has 2 aromatic rings. The zero-order valence-electron chi connectivity index (χ0n) is 29.4. The van der Waals surface area contributed by atoms with Crippen molar-refractivity contribution in [3.05, 3.63) is 72.3 Å². The summed E-state index contributed by atoms with van der Waals surface area (Å²) >= 11 is 0. The van der Waals surface area contributed by atoms with Gasteiger partial charge in [-0.3, -0.25) is 4.79 Å². The van der Waals surface area contributed by atoms with Gasteiger partial charge in [0, 0.05) is 17.9 Å². The van der Waals surface area contributed by atoms with Crippen molar-refractivity contribution >= 4 is 17.4 Å². The summed E-state index contributed by atoms with van der Waals surface area (Å²) in [6.07, 6.45) is 18.2. The fraction of sp³-hybridized carbons (Fsp3) is 0.634. The molecule has 0 saturated heterocycles. The molecule has 0 radical (unpaired) electrons. The molecule has 0 spiro atoms. The molecule has 6 heteroatoms. The van der Waals surface area contributed by atoms with E-state index in [-0.39, 0.29) is 33.1 Å². The van der Waals surface area contributed by atoms with Crippen molar-refractivity contribution < 1.29 is 14.7 Å². The Hall–Kier alpha value is -3.15. The predicted octanol–water partition coefficient (Wildman–Crippen LogP) is 8.80. The fourth-order valence-corrected chi connectivity index (χ4v) is 13.1. The minimum absolute atomic E-state index is 0.00539. The highest BCUT2D eigenvalue weighted by molar-refractivity contribution is 5.88. The number of hydrogen-bond acceptors (Lipinski definition) is 3. The minimum atomic E-state index is -0.874. The standard InChI is InChI=1S/C41H55N3O3/c1-26(2)29-14-19-41(43-34(45)24-44-23-22-42-25-44)21-20-39(6)31(35(29)41)12-13-33-38(5)17-15-30(27-8-10-28(11-9-27)36(46)47)37(3,4)32(38)16-18-40(33,39)7/h8-11,15,22-23,25,29,31-33,35H,1,12-14,16-21,24H2,2-7H3,(H,43,45)(H,46,47)/t29-,31+,32?,33?,35?,38-,39+,40+,41-/m0/s1. The molecular formula is C41H55N3O3. The number of aromatic carboxylic acids is 1. The molecule has 5 aliphatic rings. The third kappa shape index (κ3) is 4.66. The summed E-state index contributed by atoms with van der Waals surface area (Å²) in [5, 5.41) is 13.1. The first-order chi connectivity index (χ1) is 22.2. The summed E-state index contributed by atoms with van der Waals surface area (Å²) < 4.78 is 1.88. The van der Waals surface area contributed by atoms with Gasteiger partial charge in [0.1, 0.15) is 6.54 Å². The number of imidazole rings is 1. The number of hydrogen-bond donors (Lipinski definition) is 2. The Labute approximate surface area is 281 Å². The molecule has 3 unspecified atom stereocenters. The van der Waals surface area contributed by atoms with E-state index in [1.807, 2.05) is 22.9 Å². The second-order valence-corrected chi connectivity index (χ2v) is 17.6. The van der Waals surface area contributed by atoms with Crippen LogP contribution in [0.2, 0.25) is 0 Å². The number of carboxylic acids is 1. The van der Waals surface area contributed by atoms with E-state index in [1.54, 1.807) is 24.7 Å². The average Bonchev–Trinajstić information content (AvgIpc) is 3.65. The molecule has 6 nitrogen and oxygen atoms in total. The van der Waals surface area contributed by atoms with Crippen LogP contribution in [-0.2, 0) is 11.3 Å². The maximum absolute atomic E-state index is 13.5. The summed E-state index contributed by atoms with van der Waals surface area (Å²) in [7, 11) is 0. The van der Waals surface area contributed by atoms with E-state index in [9.17, 15) is 14.7 Å². The van der Waals surface area contributed by atoms with Crippen LogP contribution in [-0.4, -0.2) is 32.1 Å². The molecule has 0 bridgehead atoms. The van der Waals surface area contributed by atoms with Crippen molar-refractivity contribution in [3.63, 3.8) is 0 Å². The zero-order chi connectivity index (χ0) is 33.6. The van der Waals surface area contributed by atoms with Crippen LogP contribution >= 0.6 is 0 Å². The normalized spacial score (nSPS) is 40.2. The van der Waals surface area contributed by atoms with E-state index < -0.39 is 5.97 Å². The number of carbonyl (C=O) groups excluding carboxylic acids is 1. The molecule has 9 atom stereocenters. The van der Waals surface area contributed by atoms with Crippen molar-refractivity contribution in [1.82, 2.24) is 14.9 Å². The van der Waals surface area contributed by atoms with Crippen LogP contribution in [0.4, 0.5) is 0 Å². The molecule has 1 aromatic carbocycles. The maximum atomic E-state index is 13.5. The lowest BCUT2D eigenvalue weighted by Gasteiger charge is -2.72. The van der Waals surface area contributed by atoms with Crippen LogP contribution in [0.1, 0.15) is 115 Å². The van der Waals surface area contributed by atoms with Gasteiger partial charge in [-0.2, -0.15) is 0 Å². The number of carboxylic acid groups (broad SMARTS) is 1. The van der Waals surface area contributed by atoms with Crippen LogP contribution in [0.25, 0.3) is 5.57 Å². The SMILES string of the molecule is C=C(C)[C@@H]1CC[C@]2(NC(=O)Cn3ccnc3)CC[C@]3(C)[C@H](CCC4[C@@]5(C)CC=C(c6ccc(C(=O)O)cc6)C(C)(C)C5CC[C@]43C)C12. The first kappa shape index (κ1) is 32.4. The number of aromatic nitrogens is 2. The van der Waals surface area contributed by atoms with Crippen molar-refractivity contribution in [2.45, 2.75) is 111 Å². The van der Waals surface area contributed by atoms with E-state index in [0.717, 1.165) is 37.7 Å². The number of nitrogens with one attached hydrogen (secondary N) is 1. The third-order valence-electron chi connectivity index (χ3n) is 15.4. The monoisotopic (exact) mass is 637 g/mol. The summed E-state index contributed by atoms with van der Waals surface area (Å²) in [4.78, 5) is 29.2. The van der Waals surface area contributed by atoms with E-state index in [2.05, 4.69) is 64.5 Å². The smallest absolute Gasteiger partial charge is 0.335 e. The molecule has 252 valence electrons. The lowest BCUT2D eigenvalue weighted by molar-refractivity contribution is -0.219. The number of amides is 1. The lowest BCUT2D eigenvalue weighted by Crippen LogP contribution is -2.68. The molecule has 4 saturated carbocycles. The van der Waals surface area contributed by atoms with Gasteiger partial charge in [-0.1, -0.05) is 65.0 Å². The molecule has 1 amide bonds. The average molecular weight is 638 g/mol. The highest BCUT2D eigenvalue weighted by Crippen LogP contribution is 2.76. The largest absolute Gasteiger partial charge is 0.478 e. The fourth-order valence-electron chi connectivity index (χ4n) is 13.1. The Morgan fingerprint density at radius 3 is 2.36 bits per heavy atom. The van der Waals surface area contributed by atoms with Crippen LogP contribution in [0.3, 0.4) is 0 Å². The second-order valence-electron chi connectivity index (χ2n) is 17.6. The summed E-state index contributed by atoms with van der Waals surface area (Å²) in [5.74, 6) is 1.87. The highest BCUT2D eigenvalue weighted by atomic mass is 16.4. The van der Waals surface area contributed by atoms with Gasteiger partial charge in [-0.05, 0) is 139 Å². The van der Waals surface area contributed by atoms with E-state index in [4.69, 9.17) is 0 Å². The number of nitrogens with zero attached hydrogens (tertiary/aromatic N) is 2. The zero-order valence-corrected chi connectivity index (χ0v) is 29.4. The van der Waals surface area contributed by atoms with Crippen LogP contribution in [0.15, 0.2) is 61.2 Å².